The molecule has 23 heavy (non-hydrogen) atoms. The highest BCUT2D eigenvalue weighted by atomic mass is 32.1. The number of amides is 1. The molecular weight excluding hydrogens is 304 g/mol. The van der Waals surface area contributed by atoms with E-state index >= 15 is 0 Å². The number of nitrogens with one attached hydrogen (secondary N) is 1. The fourth-order valence-corrected chi connectivity index (χ4v) is 4.22. The van der Waals surface area contributed by atoms with E-state index in [-0.39, 0.29) is 11.9 Å². The first-order valence-corrected chi connectivity index (χ1v) is 9.18. The topological polar surface area (TPSA) is 32.3 Å². The minimum absolute atomic E-state index is 0.00643. The minimum Gasteiger partial charge on any atom is -0.349 e. The van der Waals surface area contributed by atoms with Gasteiger partial charge < -0.3 is 5.32 Å². The summed E-state index contributed by atoms with van der Waals surface area (Å²) in [6, 6.07) is 14.0. The van der Waals surface area contributed by atoms with Gasteiger partial charge in [0.15, 0.2) is 0 Å². The number of carbonyl (C=O) groups is 1. The number of likely N-dealkylation sites (tertiary alicyclic amines) is 1. The van der Waals surface area contributed by atoms with Gasteiger partial charge in [-0.05, 0) is 57.1 Å². The molecule has 0 radical (unpaired) electrons. The van der Waals surface area contributed by atoms with Crippen LogP contribution in [0.3, 0.4) is 0 Å². The number of thiophene rings is 1. The highest BCUT2D eigenvalue weighted by molar-refractivity contribution is 7.11. The lowest BCUT2D eigenvalue weighted by Gasteiger charge is -2.13. The predicted octanol–water partition coefficient (Wildman–Crippen LogP) is 3.70. The maximum atomic E-state index is 12.2. The summed E-state index contributed by atoms with van der Waals surface area (Å²) >= 11 is 1.88. The van der Waals surface area contributed by atoms with Gasteiger partial charge in [-0.3, -0.25) is 9.69 Å². The molecule has 1 aliphatic rings. The monoisotopic (exact) mass is 328 g/mol. The van der Waals surface area contributed by atoms with Crippen LogP contribution in [-0.4, -0.2) is 29.9 Å². The van der Waals surface area contributed by atoms with E-state index in [0.717, 1.165) is 18.5 Å². The molecule has 2 aromatic rings. The average molecular weight is 328 g/mol. The van der Waals surface area contributed by atoms with Crippen molar-refractivity contribution < 1.29 is 4.79 Å². The number of carbonyl (C=O) groups excluding carboxylic acids is 1. The van der Waals surface area contributed by atoms with Crippen molar-refractivity contribution >= 4 is 17.2 Å². The van der Waals surface area contributed by atoms with E-state index < -0.39 is 0 Å². The van der Waals surface area contributed by atoms with Crippen LogP contribution in [0.4, 0.5) is 0 Å². The average Bonchev–Trinajstić information content (AvgIpc) is 3.21. The maximum absolute atomic E-state index is 12.2. The zero-order valence-electron chi connectivity index (χ0n) is 13.6. The van der Waals surface area contributed by atoms with Crippen LogP contribution in [0.1, 0.15) is 39.9 Å². The molecule has 122 valence electrons. The molecule has 1 unspecified atom stereocenters. The Labute approximate surface area is 142 Å². The van der Waals surface area contributed by atoms with Gasteiger partial charge in [-0.25, -0.2) is 0 Å². The minimum atomic E-state index is 0.00643. The van der Waals surface area contributed by atoms with Gasteiger partial charge in [0.1, 0.15) is 0 Å². The maximum Gasteiger partial charge on any atom is 0.251 e. The standard InChI is InChI=1S/C19H24N2OS/c1-15(20-19(22)16-7-3-2-4-8-16)13-17-9-10-18(23-17)14-21-11-5-6-12-21/h2-4,7-10,15H,5-6,11-14H2,1H3,(H,20,22). The van der Waals surface area contributed by atoms with E-state index in [1.807, 2.05) is 41.7 Å². The van der Waals surface area contributed by atoms with E-state index in [1.54, 1.807) is 0 Å². The SMILES string of the molecule is CC(Cc1ccc(CN2CCCC2)s1)NC(=O)c1ccccc1. The number of rotatable bonds is 6. The summed E-state index contributed by atoms with van der Waals surface area (Å²) in [5.41, 5.74) is 0.722. The van der Waals surface area contributed by atoms with E-state index in [1.165, 1.54) is 35.7 Å². The highest BCUT2D eigenvalue weighted by Gasteiger charge is 2.14. The Bertz CT molecular complexity index is 632. The molecule has 0 bridgehead atoms. The molecule has 1 N–H and O–H groups in total. The van der Waals surface area contributed by atoms with Crippen LogP contribution >= 0.6 is 11.3 Å². The zero-order chi connectivity index (χ0) is 16.1. The van der Waals surface area contributed by atoms with Crippen LogP contribution < -0.4 is 5.32 Å². The molecule has 1 aliphatic heterocycles. The van der Waals surface area contributed by atoms with Crippen molar-refractivity contribution in [2.45, 2.75) is 38.8 Å². The van der Waals surface area contributed by atoms with Crippen molar-refractivity contribution in [1.29, 1.82) is 0 Å². The molecule has 1 atom stereocenters. The molecule has 1 aromatic carbocycles. The van der Waals surface area contributed by atoms with Gasteiger partial charge in [-0.15, -0.1) is 11.3 Å². The van der Waals surface area contributed by atoms with Crippen molar-refractivity contribution in [3.05, 3.63) is 57.8 Å². The van der Waals surface area contributed by atoms with Gasteiger partial charge >= 0.3 is 0 Å². The smallest absolute Gasteiger partial charge is 0.251 e. The Morgan fingerprint density at radius 2 is 1.83 bits per heavy atom. The Balaban J connectivity index is 1.50. The molecule has 1 fully saturated rings. The summed E-state index contributed by atoms with van der Waals surface area (Å²) in [5, 5.41) is 3.08. The molecule has 2 heterocycles. The lowest BCUT2D eigenvalue weighted by molar-refractivity contribution is 0.0940. The number of nitrogens with zero attached hydrogens (tertiary/aromatic N) is 1. The predicted molar refractivity (Wildman–Crippen MR) is 95.9 cm³/mol. The summed E-state index contributed by atoms with van der Waals surface area (Å²) in [6.07, 6.45) is 3.56. The molecule has 3 nitrogen and oxygen atoms in total. The first-order valence-electron chi connectivity index (χ1n) is 8.36. The molecule has 0 saturated carbocycles. The quantitative estimate of drug-likeness (QED) is 0.877. The van der Waals surface area contributed by atoms with Gasteiger partial charge in [0.05, 0.1) is 0 Å². The van der Waals surface area contributed by atoms with Gasteiger partial charge in [-0.2, -0.15) is 0 Å². The molecule has 0 spiro atoms. The Morgan fingerprint density at radius 1 is 1.13 bits per heavy atom. The van der Waals surface area contributed by atoms with Crippen molar-refractivity contribution in [2.75, 3.05) is 13.1 Å². The van der Waals surface area contributed by atoms with Crippen LogP contribution in [0.25, 0.3) is 0 Å². The normalized spacial score (nSPS) is 16.4. The Kier molecular flexibility index (Phi) is 5.47. The second kappa shape index (κ2) is 7.75. The van der Waals surface area contributed by atoms with Crippen LogP contribution in [0.2, 0.25) is 0 Å². The first kappa shape index (κ1) is 16.2. The lowest BCUT2D eigenvalue weighted by atomic mass is 10.1. The Hall–Kier alpha value is -1.65. The van der Waals surface area contributed by atoms with Crippen molar-refractivity contribution in [2.24, 2.45) is 0 Å². The summed E-state index contributed by atoms with van der Waals surface area (Å²) in [4.78, 5) is 17.5. The molecule has 4 heteroatoms. The molecule has 1 amide bonds. The lowest BCUT2D eigenvalue weighted by Crippen LogP contribution is -2.33. The van der Waals surface area contributed by atoms with Crippen LogP contribution in [0, 0.1) is 0 Å². The zero-order valence-corrected chi connectivity index (χ0v) is 14.4. The fraction of sp³-hybridized carbons (Fsp3) is 0.421. The summed E-state index contributed by atoms with van der Waals surface area (Å²) in [6.45, 7) is 5.61. The van der Waals surface area contributed by atoms with Gasteiger partial charge in [-0.1, -0.05) is 18.2 Å². The second-order valence-electron chi connectivity index (χ2n) is 6.30. The van der Waals surface area contributed by atoms with Crippen molar-refractivity contribution in [1.82, 2.24) is 10.2 Å². The number of hydrogen-bond donors (Lipinski definition) is 1. The van der Waals surface area contributed by atoms with E-state index in [9.17, 15) is 4.79 Å². The van der Waals surface area contributed by atoms with Gasteiger partial charge in [0.2, 0.25) is 0 Å². The second-order valence-corrected chi connectivity index (χ2v) is 7.55. The number of benzene rings is 1. The summed E-state index contributed by atoms with van der Waals surface area (Å²) in [5.74, 6) is 0.00643. The largest absolute Gasteiger partial charge is 0.349 e. The van der Waals surface area contributed by atoms with Crippen LogP contribution in [0.15, 0.2) is 42.5 Å². The first-order chi connectivity index (χ1) is 11.2. The third kappa shape index (κ3) is 4.66. The van der Waals surface area contributed by atoms with Crippen LogP contribution in [-0.2, 0) is 13.0 Å². The summed E-state index contributed by atoms with van der Waals surface area (Å²) in [7, 11) is 0. The summed E-state index contributed by atoms with van der Waals surface area (Å²) < 4.78 is 0. The third-order valence-electron chi connectivity index (χ3n) is 4.22. The van der Waals surface area contributed by atoms with Crippen molar-refractivity contribution in [3.8, 4) is 0 Å². The number of hydrogen-bond acceptors (Lipinski definition) is 3. The molecule has 3 rings (SSSR count). The molecule has 0 aliphatic carbocycles. The van der Waals surface area contributed by atoms with E-state index in [0.29, 0.717) is 0 Å². The highest BCUT2D eigenvalue weighted by Crippen LogP contribution is 2.21. The fourth-order valence-electron chi connectivity index (χ4n) is 3.03. The van der Waals surface area contributed by atoms with E-state index in [2.05, 4.69) is 29.3 Å². The van der Waals surface area contributed by atoms with Gasteiger partial charge in [0.25, 0.3) is 5.91 Å². The van der Waals surface area contributed by atoms with Gasteiger partial charge in [0, 0.05) is 34.3 Å². The third-order valence-corrected chi connectivity index (χ3v) is 5.31. The molecular formula is C19H24N2OS. The van der Waals surface area contributed by atoms with Crippen molar-refractivity contribution in [3.63, 3.8) is 0 Å². The molecule has 1 saturated heterocycles. The molecule has 1 aromatic heterocycles. The Morgan fingerprint density at radius 3 is 2.57 bits per heavy atom. The van der Waals surface area contributed by atoms with Crippen LogP contribution in [0.5, 0.6) is 0 Å². The van der Waals surface area contributed by atoms with E-state index in [4.69, 9.17) is 0 Å².